The molecule has 1 aromatic rings. The SMILES string of the molecule is CCC(C)C1CN(Cc2ccc(C)nc2)CCN1CC(=O)NCC1CCC1. The fraction of sp³-hybridized carbons (Fsp3) is 0.727. The highest BCUT2D eigenvalue weighted by Crippen LogP contribution is 2.25. The van der Waals surface area contributed by atoms with Crippen LogP contribution in [0.1, 0.15) is 50.8 Å². The molecule has 0 aromatic carbocycles. The normalized spacial score (nSPS) is 23.0. The Morgan fingerprint density at radius 2 is 2.15 bits per heavy atom. The summed E-state index contributed by atoms with van der Waals surface area (Å²) in [5.41, 5.74) is 2.34. The van der Waals surface area contributed by atoms with Crippen molar-refractivity contribution >= 4 is 5.91 Å². The number of aromatic nitrogens is 1. The molecule has 1 amide bonds. The van der Waals surface area contributed by atoms with Crippen LogP contribution in [0.3, 0.4) is 0 Å². The van der Waals surface area contributed by atoms with Gasteiger partial charge in [0.2, 0.25) is 5.91 Å². The number of carbonyl (C=O) groups is 1. The average molecular weight is 373 g/mol. The van der Waals surface area contributed by atoms with Crippen molar-refractivity contribution in [1.29, 1.82) is 0 Å². The molecular weight excluding hydrogens is 336 g/mol. The van der Waals surface area contributed by atoms with Crippen molar-refractivity contribution in [1.82, 2.24) is 20.1 Å². The minimum atomic E-state index is 0.200. The maximum Gasteiger partial charge on any atom is 0.234 e. The second kappa shape index (κ2) is 9.65. The molecule has 0 bridgehead atoms. The summed E-state index contributed by atoms with van der Waals surface area (Å²) in [4.78, 5) is 21.8. The van der Waals surface area contributed by atoms with E-state index in [1.54, 1.807) is 0 Å². The van der Waals surface area contributed by atoms with E-state index in [9.17, 15) is 4.79 Å². The molecule has 150 valence electrons. The van der Waals surface area contributed by atoms with Gasteiger partial charge >= 0.3 is 0 Å². The van der Waals surface area contributed by atoms with E-state index in [2.05, 4.69) is 46.1 Å². The Morgan fingerprint density at radius 1 is 1.33 bits per heavy atom. The monoisotopic (exact) mass is 372 g/mol. The lowest BCUT2D eigenvalue weighted by atomic mass is 9.85. The molecule has 2 aliphatic rings. The third-order valence-electron chi connectivity index (χ3n) is 6.46. The Bertz CT molecular complexity index is 599. The summed E-state index contributed by atoms with van der Waals surface area (Å²) < 4.78 is 0. The molecular formula is C22H36N4O. The summed E-state index contributed by atoms with van der Waals surface area (Å²) in [5, 5.41) is 3.16. The van der Waals surface area contributed by atoms with Gasteiger partial charge in [-0.2, -0.15) is 0 Å². The number of hydrogen-bond donors (Lipinski definition) is 1. The predicted octanol–water partition coefficient (Wildman–Crippen LogP) is 2.84. The van der Waals surface area contributed by atoms with Crippen LogP contribution in [0.2, 0.25) is 0 Å². The molecule has 1 N–H and O–H groups in total. The standard InChI is InChI=1S/C22H36N4O/c1-4-17(2)21-15-25(14-20-9-8-18(3)23-13-20)10-11-26(21)16-22(27)24-12-19-6-5-7-19/h8-9,13,17,19,21H,4-7,10-12,14-16H2,1-3H3,(H,24,27). The summed E-state index contributed by atoms with van der Waals surface area (Å²) in [6, 6.07) is 4.71. The molecule has 1 saturated carbocycles. The highest BCUT2D eigenvalue weighted by atomic mass is 16.2. The van der Waals surface area contributed by atoms with Crippen LogP contribution >= 0.6 is 0 Å². The summed E-state index contributed by atoms with van der Waals surface area (Å²) in [5.74, 6) is 1.51. The van der Waals surface area contributed by atoms with Crippen LogP contribution in [0.4, 0.5) is 0 Å². The van der Waals surface area contributed by atoms with Gasteiger partial charge in [0.15, 0.2) is 0 Å². The minimum Gasteiger partial charge on any atom is -0.355 e. The van der Waals surface area contributed by atoms with E-state index in [4.69, 9.17) is 0 Å². The number of hydrogen-bond acceptors (Lipinski definition) is 4. The molecule has 2 unspecified atom stereocenters. The molecule has 1 saturated heterocycles. The van der Waals surface area contributed by atoms with Crippen molar-refractivity contribution < 1.29 is 4.79 Å². The third-order valence-corrected chi connectivity index (χ3v) is 6.46. The summed E-state index contributed by atoms with van der Waals surface area (Å²) in [7, 11) is 0. The number of pyridine rings is 1. The number of nitrogens with one attached hydrogen (secondary N) is 1. The molecule has 2 fully saturated rings. The van der Waals surface area contributed by atoms with Gasteiger partial charge in [-0.3, -0.25) is 19.6 Å². The summed E-state index contributed by atoms with van der Waals surface area (Å²) in [6.07, 6.45) is 7.03. The van der Waals surface area contributed by atoms with E-state index in [1.807, 2.05) is 13.1 Å². The van der Waals surface area contributed by atoms with Crippen LogP contribution in [-0.4, -0.2) is 59.5 Å². The zero-order valence-electron chi connectivity index (χ0n) is 17.3. The molecule has 5 heteroatoms. The lowest BCUT2D eigenvalue weighted by Gasteiger charge is -2.43. The van der Waals surface area contributed by atoms with Crippen LogP contribution in [-0.2, 0) is 11.3 Å². The number of nitrogens with zero attached hydrogens (tertiary/aromatic N) is 3. The minimum absolute atomic E-state index is 0.200. The molecule has 3 rings (SSSR count). The Balaban J connectivity index is 1.53. The number of rotatable bonds is 8. The maximum absolute atomic E-state index is 12.4. The zero-order chi connectivity index (χ0) is 19.2. The zero-order valence-corrected chi connectivity index (χ0v) is 17.3. The van der Waals surface area contributed by atoms with Crippen LogP contribution in [0.15, 0.2) is 18.3 Å². The van der Waals surface area contributed by atoms with E-state index in [0.29, 0.717) is 18.5 Å². The highest BCUT2D eigenvalue weighted by molar-refractivity contribution is 5.78. The van der Waals surface area contributed by atoms with Crippen molar-refractivity contribution in [3.8, 4) is 0 Å². The molecule has 0 spiro atoms. The lowest BCUT2D eigenvalue weighted by Crippen LogP contribution is -2.57. The largest absolute Gasteiger partial charge is 0.355 e. The van der Waals surface area contributed by atoms with E-state index < -0.39 is 0 Å². The molecule has 5 nitrogen and oxygen atoms in total. The van der Waals surface area contributed by atoms with Gasteiger partial charge in [0.25, 0.3) is 0 Å². The molecule has 2 heterocycles. The Morgan fingerprint density at radius 3 is 2.78 bits per heavy atom. The summed E-state index contributed by atoms with van der Waals surface area (Å²) >= 11 is 0. The highest BCUT2D eigenvalue weighted by Gasteiger charge is 2.31. The maximum atomic E-state index is 12.4. The quantitative estimate of drug-likeness (QED) is 0.762. The second-order valence-corrected chi connectivity index (χ2v) is 8.57. The van der Waals surface area contributed by atoms with Crippen molar-refractivity contribution in [3.63, 3.8) is 0 Å². The van der Waals surface area contributed by atoms with Gasteiger partial charge in [-0.1, -0.05) is 32.8 Å². The number of carbonyl (C=O) groups excluding carboxylic acids is 1. The van der Waals surface area contributed by atoms with Gasteiger partial charge in [-0.25, -0.2) is 0 Å². The van der Waals surface area contributed by atoms with Gasteiger partial charge in [-0.15, -0.1) is 0 Å². The fourth-order valence-corrected chi connectivity index (χ4v) is 4.10. The third kappa shape index (κ3) is 5.76. The van der Waals surface area contributed by atoms with Gasteiger partial charge in [-0.05, 0) is 43.2 Å². The molecule has 1 aliphatic carbocycles. The first-order valence-corrected chi connectivity index (χ1v) is 10.7. The predicted molar refractivity (Wildman–Crippen MR) is 109 cm³/mol. The topological polar surface area (TPSA) is 48.5 Å². The first-order chi connectivity index (χ1) is 13.0. The summed E-state index contributed by atoms with van der Waals surface area (Å²) in [6.45, 7) is 12.0. The number of aryl methyl sites for hydroxylation is 1. The van der Waals surface area contributed by atoms with E-state index >= 15 is 0 Å². The van der Waals surface area contributed by atoms with E-state index in [1.165, 1.54) is 24.8 Å². The molecule has 1 aliphatic heterocycles. The van der Waals surface area contributed by atoms with Gasteiger partial charge < -0.3 is 5.32 Å². The average Bonchev–Trinajstić information content (AvgIpc) is 2.63. The molecule has 2 atom stereocenters. The Kier molecular flexibility index (Phi) is 7.25. The first kappa shape index (κ1) is 20.3. The van der Waals surface area contributed by atoms with Crippen molar-refractivity contribution in [2.75, 3.05) is 32.7 Å². The van der Waals surface area contributed by atoms with Crippen LogP contribution in [0, 0.1) is 18.8 Å². The molecule has 0 radical (unpaired) electrons. The first-order valence-electron chi connectivity index (χ1n) is 10.7. The van der Waals surface area contributed by atoms with Crippen LogP contribution in [0.5, 0.6) is 0 Å². The molecule has 1 aromatic heterocycles. The Hall–Kier alpha value is -1.46. The van der Waals surface area contributed by atoms with E-state index in [0.717, 1.165) is 50.8 Å². The van der Waals surface area contributed by atoms with Crippen LogP contribution < -0.4 is 5.32 Å². The number of amides is 1. The van der Waals surface area contributed by atoms with Crippen LogP contribution in [0.25, 0.3) is 0 Å². The fourth-order valence-electron chi connectivity index (χ4n) is 4.10. The lowest BCUT2D eigenvalue weighted by molar-refractivity contribution is -0.124. The molecule has 27 heavy (non-hydrogen) atoms. The number of piperazine rings is 1. The van der Waals surface area contributed by atoms with Crippen molar-refractivity contribution in [2.24, 2.45) is 11.8 Å². The van der Waals surface area contributed by atoms with Gasteiger partial charge in [0.05, 0.1) is 6.54 Å². The van der Waals surface area contributed by atoms with Crippen molar-refractivity contribution in [3.05, 3.63) is 29.6 Å². The van der Waals surface area contributed by atoms with Gasteiger partial charge in [0.1, 0.15) is 0 Å². The smallest absolute Gasteiger partial charge is 0.234 e. The Labute approximate surface area is 164 Å². The van der Waals surface area contributed by atoms with Crippen molar-refractivity contribution in [2.45, 2.75) is 59.0 Å². The second-order valence-electron chi connectivity index (χ2n) is 8.57. The van der Waals surface area contributed by atoms with E-state index in [-0.39, 0.29) is 5.91 Å². The van der Waals surface area contributed by atoms with Gasteiger partial charge in [0, 0.05) is 50.7 Å².